The van der Waals surface area contributed by atoms with Crippen molar-refractivity contribution in [3.05, 3.63) is 34.1 Å². The van der Waals surface area contributed by atoms with Crippen molar-refractivity contribution in [3.63, 3.8) is 0 Å². The number of hydrogen-bond acceptors (Lipinski definition) is 4. The summed E-state index contributed by atoms with van der Waals surface area (Å²) in [5.41, 5.74) is 2.58. The number of aromatic nitrogens is 3. The Morgan fingerprint density at radius 2 is 2.23 bits per heavy atom. The average Bonchev–Trinajstić information content (AvgIpc) is 2.83. The minimum absolute atomic E-state index is 0.0136. The topological polar surface area (TPSA) is 71.8 Å². The van der Waals surface area contributed by atoms with Gasteiger partial charge in [0.15, 0.2) is 0 Å². The monoisotopic (exact) mass is 363 g/mol. The number of carbonyl (C=O) groups is 1. The molecular weight excluding hydrogens is 346 g/mol. The molecule has 2 heterocycles. The van der Waals surface area contributed by atoms with Crippen molar-refractivity contribution in [2.75, 3.05) is 11.9 Å². The van der Waals surface area contributed by atoms with E-state index in [1.807, 2.05) is 25.1 Å². The van der Waals surface area contributed by atoms with Crippen molar-refractivity contribution in [2.45, 2.75) is 32.7 Å². The molecule has 1 aromatic carbocycles. The fourth-order valence-corrected chi connectivity index (χ4v) is 2.99. The highest BCUT2D eigenvalue weighted by atomic mass is 79.9. The molecule has 0 atom stereocenters. The van der Waals surface area contributed by atoms with E-state index < -0.39 is 0 Å². The second-order valence-electron chi connectivity index (χ2n) is 5.97. The van der Waals surface area contributed by atoms with Gasteiger partial charge in [0, 0.05) is 29.8 Å². The van der Waals surface area contributed by atoms with Crippen LogP contribution in [0.4, 0.5) is 11.6 Å². The second kappa shape index (κ2) is 5.39. The number of fused-ring (bicyclic) bond motifs is 1. The first-order valence-electron chi connectivity index (χ1n) is 7.21. The standard InChI is InChI=1S/C15H18BrN5O/c1-4-21-14(19-13(16)20-21)18-9-5-6-10-11(7-9)15(2,3)8-17-12(10)22/h5-7H,4,8H2,1-3H3,(H,17,22)(H,18,19,20). The fourth-order valence-electron chi connectivity index (χ4n) is 2.63. The molecule has 0 saturated carbocycles. The van der Waals surface area contributed by atoms with E-state index in [0.29, 0.717) is 17.2 Å². The summed E-state index contributed by atoms with van der Waals surface area (Å²) in [6, 6.07) is 5.77. The van der Waals surface area contributed by atoms with Crippen molar-refractivity contribution >= 4 is 33.5 Å². The Morgan fingerprint density at radius 1 is 1.45 bits per heavy atom. The molecule has 0 unspecified atom stereocenters. The Balaban J connectivity index is 1.98. The van der Waals surface area contributed by atoms with Crippen LogP contribution in [0.3, 0.4) is 0 Å². The van der Waals surface area contributed by atoms with E-state index in [-0.39, 0.29) is 11.3 Å². The number of carbonyl (C=O) groups excluding carboxylic acids is 1. The summed E-state index contributed by atoms with van der Waals surface area (Å²) in [6.07, 6.45) is 0. The summed E-state index contributed by atoms with van der Waals surface area (Å²) in [5, 5.41) is 10.5. The van der Waals surface area contributed by atoms with E-state index in [4.69, 9.17) is 0 Å². The minimum Gasteiger partial charge on any atom is -0.351 e. The van der Waals surface area contributed by atoms with E-state index >= 15 is 0 Å². The number of nitrogens with zero attached hydrogens (tertiary/aromatic N) is 3. The zero-order chi connectivity index (χ0) is 15.9. The molecule has 0 saturated heterocycles. The smallest absolute Gasteiger partial charge is 0.251 e. The first kappa shape index (κ1) is 15.0. The van der Waals surface area contributed by atoms with E-state index in [2.05, 4.69) is 50.5 Å². The first-order chi connectivity index (χ1) is 10.4. The van der Waals surface area contributed by atoms with Gasteiger partial charge >= 0.3 is 0 Å². The zero-order valence-corrected chi connectivity index (χ0v) is 14.4. The number of benzene rings is 1. The van der Waals surface area contributed by atoms with Gasteiger partial charge in [0.25, 0.3) is 5.91 Å². The normalized spacial score (nSPS) is 16.1. The molecule has 0 spiro atoms. The third kappa shape index (κ3) is 2.61. The number of aryl methyl sites for hydroxylation is 1. The maximum Gasteiger partial charge on any atom is 0.251 e. The third-order valence-corrected chi connectivity index (χ3v) is 4.22. The maximum absolute atomic E-state index is 12.0. The average molecular weight is 364 g/mol. The van der Waals surface area contributed by atoms with Crippen molar-refractivity contribution in [3.8, 4) is 0 Å². The van der Waals surface area contributed by atoms with Gasteiger partial charge in [0.2, 0.25) is 10.7 Å². The number of amides is 1. The summed E-state index contributed by atoms with van der Waals surface area (Å²) in [5.74, 6) is 0.660. The molecular formula is C15H18BrN5O. The Labute approximate surface area is 137 Å². The molecule has 22 heavy (non-hydrogen) atoms. The Hall–Kier alpha value is -1.89. The highest BCUT2D eigenvalue weighted by Gasteiger charge is 2.31. The van der Waals surface area contributed by atoms with Crippen LogP contribution in [-0.4, -0.2) is 27.2 Å². The van der Waals surface area contributed by atoms with Gasteiger partial charge in [-0.05, 0) is 46.6 Å². The largest absolute Gasteiger partial charge is 0.351 e. The highest BCUT2D eigenvalue weighted by molar-refractivity contribution is 9.10. The zero-order valence-electron chi connectivity index (χ0n) is 12.8. The second-order valence-corrected chi connectivity index (χ2v) is 6.68. The lowest BCUT2D eigenvalue weighted by Gasteiger charge is -2.32. The summed E-state index contributed by atoms with van der Waals surface area (Å²) in [4.78, 5) is 16.3. The lowest BCUT2D eigenvalue weighted by Crippen LogP contribution is -2.43. The van der Waals surface area contributed by atoms with Gasteiger partial charge in [-0.25, -0.2) is 4.68 Å². The SMILES string of the molecule is CCn1nc(Br)nc1Nc1ccc2c(c1)C(C)(C)CNC2=O. The van der Waals surface area contributed by atoms with Gasteiger partial charge in [-0.3, -0.25) is 4.79 Å². The Morgan fingerprint density at radius 3 is 2.95 bits per heavy atom. The predicted molar refractivity (Wildman–Crippen MR) is 88.5 cm³/mol. The van der Waals surface area contributed by atoms with Gasteiger partial charge in [-0.15, -0.1) is 5.10 Å². The minimum atomic E-state index is -0.0973. The number of halogens is 1. The molecule has 2 aromatic rings. The van der Waals surface area contributed by atoms with Crippen LogP contribution in [0.2, 0.25) is 0 Å². The predicted octanol–water partition coefficient (Wildman–Crippen LogP) is 2.83. The molecule has 1 aliphatic heterocycles. The van der Waals surface area contributed by atoms with Crippen molar-refractivity contribution in [1.82, 2.24) is 20.1 Å². The third-order valence-electron chi connectivity index (χ3n) is 3.89. The van der Waals surface area contributed by atoms with Crippen molar-refractivity contribution in [1.29, 1.82) is 0 Å². The molecule has 0 radical (unpaired) electrons. The number of hydrogen-bond donors (Lipinski definition) is 2. The maximum atomic E-state index is 12.0. The quantitative estimate of drug-likeness (QED) is 0.879. The van der Waals surface area contributed by atoms with Crippen LogP contribution in [0.15, 0.2) is 22.9 Å². The van der Waals surface area contributed by atoms with E-state index in [9.17, 15) is 4.79 Å². The van der Waals surface area contributed by atoms with Gasteiger partial charge in [-0.2, -0.15) is 4.98 Å². The van der Waals surface area contributed by atoms with Crippen LogP contribution in [0.5, 0.6) is 0 Å². The van der Waals surface area contributed by atoms with Gasteiger partial charge in [0.1, 0.15) is 0 Å². The molecule has 1 amide bonds. The molecule has 116 valence electrons. The first-order valence-corrected chi connectivity index (χ1v) is 8.00. The molecule has 0 aliphatic carbocycles. The van der Waals surface area contributed by atoms with E-state index in [0.717, 1.165) is 23.4 Å². The Kier molecular flexibility index (Phi) is 3.68. The van der Waals surface area contributed by atoms with Crippen LogP contribution < -0.4 is 10.6 Å². The number of rotatable bonds is 3. The van der Waals surface area contributed by atoms with Crippen LogP contribution in [0, 0.1) is 0 Å². The van der Waals surface area contributed by atoms with Crippen LogP contribution in [-0.2, 0) is 12.0 Å². The van der Waals surface area contributed by atoms with Crippen LogP contribution in [0.25, 0.3) is 0 Å². The number of anilines is 2. The van der Waals surface area contributed by atoms with E-state index in [1.54, 1.807) is 4.68 Å². The summed E-state index contributed by atoms with van der Waals surface area (Å²) in [7, 11) is 0. The molecule has 2 N–H and O–H groups in total. The molecule has 3 rings (SSSR count). The Bertz CT molecular complexity index is 738. The van der Waals surface area contributed by atoms with Crippen molar-refractivity contribution in [2.24, 2.45) is 0 Å². The molecule has 1 aromatic heterocycles. The van der Waals surface area contributed by atoms with Crippen molar-refractivity contribution < 1.29 is 4.79 Å². The molecule has 0 bridgehead atoms. The van der Waals surface area contributed by atoms with Crippen LogP contribution in [0.1, 0.15) is 36.7 Å². The number of nitrogens with one attached hydrogen (secondary N) is 2. The summed E-state index contributed by atoms with van der Waals surface area (Å²) < 4.78 is 2.33. The van der Waals surface area contributed by atoms with Gasteiger partial charge in [-0.1, -0.05) is 13.8 Å². The molecule has 1 aliphatic rings. The molecule has 6 nitrogen and oxygen atoms in total. The lowest BCUT2D eigenvalue weighted by atomic mass is 9.79. The molecule has 7 heteroatoms. The fraction of sp³-hybridized carbons (Fsp3) is 0.400. The van der Waals surface area contributed by atoms with Gasteiger partial charge in [0.05, 0.1) is 0 Å². The van der Waals surface area contributed by atoms with E-state index in [1.165, 1.54) is 0 Å². The van der Waals surface area contributed by atoms with Crippen LogP contribution >= 0.6 is 15.9 Å². The highest BCUT2D eigenvalue weighted by Crippen LogP contribution is 2.32. The molecule has 0 fully saturated rings. The summed E-state index contributed by atoms with van der Waals surface area (Å²) >= 11 is 3.29. The van der Waals surface area contributed by atoms with Gasteiger partial charge < -0.3 is 10.6 Å². The lowest BCUT2D eigenvalue weighted by molar-refractivity contribution is 0.0930. The summed E-state index contributed by atoms with van der Waals surface area (Å²) in [6.45, 7) is 7.62.